The summed E-state index contributed by atoms with van der Waals surface area (Å²) in [5.74, 6) is -1.57. The van der Waals surface area contributed by atoms with Crippen molar-refractivity contribution in [1.29, 1.82) is 0 Å². The van der Waals surface area contributed by atoms with Crippen LogP contribution < -0.4 is 5.32 Å². The molecule has 1 unspecified atom stereocenters. The van der Waals surface area contributed by atoms with Crippen molar-refractivity contribution in [3.63, 3.8) is 0 Å². The van der Waals surface area contributed by atoms with Crippen LogP contribution in [0.25, 0.3) is 0 Å². The Morgan fingerprint density at radius 3 is 2.72 bits per heavy atom. The minimum Gasteiger partial charge on any atom is -0.477 e. The first-order chi connectivity index (χ1) is 8.54. The van der Waals surface area contributed by atoms with Crippen LogP contribution in [0.1, 0.15) is 34.8 Å². The lowest BCUT2D eigenvalue weighted by atomic mass is 10.2. The van der Waals surface area contributed by atoms with Gasteiger partial charge in [-0.05, 0) is 26.0 Å². The Balaban J connectivity index is 2.66. The standard InChI is InChI=1S/C12H16N2O4/c1-3-18-7-8(2)13-11(15)9-5-4-6-10(14-9)12(16)17/h4-6,8H,3,7H2,1-2H3,(H,13,15)(H,16,17). The molecule has 6 nitrogen and oxygen atoms in total. The predicted octanol–water partition coefficient (Wildman–Crippen LogP) is 0.935. The summed E-state index contributed by atoms with van der Waals surface area (Å²) in [5.41, 5.74) is -0.0710. The highest BCUT2D eigenvalue weighted by Gasteiger charge is 2.13. The second-order valence-electron chi connectivity index (χ2n) is 3.75. The summed E-state index contributed by atoms with van der Waals surface area (Å²) in [6.07, 6.45) is 0. The average Bonchev–Trinajstić information content (AvgIpc) is 2.36. The maximum Gasteiger partial charge on any atom is 0.354 e. The van der Waals surface area contributed by atoms with Crippen LogP contribution in [0.2, 0.25) is 0 Å². The van der Waals surface area contributed by atoms with Crippen LogP contribution in [0.3, 0.4) is 0 Å². The van der Waals surface area contributed by atoms with Crippen LogP contribution in [0.15, 0.2) is 18.2 Å². The van der Waals surface area contributed by atoms with E-state index in [0.29, 0.717) is 13.2 Å². The van der Waals surface area contributed by atoms with Crippen molar-refractivity contribution < 1.29 is 19.4 Å². The molecule has 1 aromatic rings. The van der Waals surface area contributed by atoms with Gasteiger partial charge in [0.25, 0.3) is 5.91 Å². The molecule has 0 radical (unpaired) electrons. The molecule has 1 aromatic heterocycles. The third-order valence-electron chi connectivity index (χ3n) is 2.15. The minimum atomic E-state index is -1.16. The highest BCUT2D eigenvalue weighted by atomic mass is 16.5. The fourth-order valence-corrected chi connectivity index (χ4v) is 1.31. The van der Waals surface area contributed by atoms with Crippen LogP contribution >= 0.6 is 0 Å². The quantitative estimate of drug-likeness (QED) is 0.786. The fourth-order valence-electron chi connectivity index (χ4n) is 1.31. The second kappa shape index (κ2) is 6.70. The number of aromatic carboxylic acids is 1. The number of carbonyl (C=O) groups is 2. The summed E-state index contributed by atoms with van der Waals surface area (Å²) in [5, 5.41) is 11.5. The van der Waals surface area contributed by atoms with Gasteiger partial charge < -0.3 is 15.2 Å². The SMILES string of the molecule is CCOCC(C)NC(=O)c1cccc(C(=O)O)n1. The number of carboxylic acids is 1. The van der Waals surface area contributed by atoms with E-state index in [9.17, 15) is 9.59 Å². The van der Waals surface area contributed by atoms with Crippen LogP contribution in [0.4, 0.5) is 0 Å². The van der Waals surface area contributed by atoms with Gasteiger partial charge >= 0.3 is 5.97 Å². The zero-order valence-electron chi connectivity index (χ0n) is 10.3. The topological polar surface area (TPSA) is 88.5 Å². The maximum absolute atomic E-state index is 11.8. The number of nitrogens with one attached hydrogen (secondary N) is 1. The molecule has 0 fully saturated rings. The van der Waals surface area contributed by atoms with Crippen molar-refractivity contribution in [3.05, 3.63) is 29.6 Å². The van der Waals surface area contributed by atoms with Crippen molar-refractivity contribution in [2.75, 3.05) is 13.2 Å². The lowest BCUT2D eigenvalue weighted by Gasteiger charge is -2.13. The number of carbonyl (C=O) groups excluding carboxylic acids is 1. The Hall–Kier alpha value is -1.95. The Kier molecular flexibility index (Phi) is 5.26. The number of ether oxygens (including phenoxy) is 1. The van der Waals surface area contributed by atoms with Gasteiger partial charge in [0, 0.05) is 12.6 Å². The Morgan fingerprint density at radius 1 is 1.44 bits per heavy atom. The third-order valence-corrected chi connectivity index (χ3v) is 2.15. The predicted molar refractivity (Wildman–Crippen MR) is 64.6 cm³/mol. The van der Waals surface area contributed by atoms with E-state index in [4.69, 9.17) is 9.84 Å². The molecular weight excluding hydrogens is 236 g/mol. The van der Waals surface area contributed by atoms with Crippen LogP contribution in [0, 0.1) is 0 Å². The van der Waals surface area contributed by atoms with Gasteiger partial charge in [0.05, 0.1) is 6.61 Å². The third kappa shape index (κ3) is 4.14. The van der Waals surface area contributed by atoms with Crippen molar-refractivity contribution in [3.8, 4) is 0 Å². The van der Waals surface area contributed by atoms with E-state index >= 15 is 0 Å². The van der Waals surface area contributed by atoms with Crippen molar-refractivity contribution in [2.45, 2.75) is 19.9 Å². The number of hydrogen-bond donors (Lipinski definition) is 2. The molecule has 1 amide bonds. The van der Waals surface area contributed by atoms with Gasteiger partial charge in [-0.3, -0.25) is 4.79 Å². The lowest BCUT2D eigenvalue weighted by Crippen LogP contribution is -2.36. The molecule has 0 spiro atoms. The van der Waals surface area contributed by atoms with Gasteiger partial charge in [0.15, 0.2) is 0 Å². The van der Waals surface area contributed by atoms with E-state index < -0.39 is 11.9 Å². The molecule has 0 saturated carbocycles. The fraction of sp³-hybridized carbons (Fsp3) is 0.417. The lowest BCUT2D eigenvalue weighted by molar-refractivity contribution is 0.0690. The molecule has 0 aliphatic carbocycles. The number of carboxylic acid groups (broad SMARTS) is 1. The van der Waals surface area contributed by atoms with E-state index in [1.54, 1.807) is 6.92 Å². The monoisotopic (exact) mass is 252 g/mol. The first-order valence-corrected chi connectivity index (χ1v) is 5.63. The second-order valence-corrected chi connectivity index (χ2v) is 3.75. The van der Waals surface area contributed by atoms with Gasteiger partial charge in [0.1, 0.15) is 11.4 Å². The van der Waals surface area contributed by atoms with Gasteiger partial charge in [0.2, 0.25) is 0 Å². The summed E-state index contributed by atoms with van der Waals surface area (Å²) in [7, 11) is 0. The molecule has 0 saturated heterocycles. The minimum absolute atomic E-state index is 0.0817. The van der Waals surface area contributed by atoms with Crippen molar-refractivity contribution in [2.24, 2.45) is 0 Å². The summed E-state index contributed by atoms with van der Waals surface area (Å²) in [4.78, 5) is 26.2. The van der Waals surface area contributed by atoms with E-state index in [-0.39, 0.29) is 17.4 Å². The molecule has 1 heterocycles. The van der Waals surface area contributed by atoms with Gasteiger partial charge in [-0.2, -0.15) is 0 Å². The maximum atomic E-state index is 11.8. The molecule has 1 rings (SSSR count). The largest absolute Gasteiger partial charge is 0.477 e. The van der Waals surface area contributed by atoms with E-state index in [2.05, 4.69) is 10.3 Å². The summed E-state index contributed by atoms with van der Waals surface area (Å²) < 4.78 is 5.16. The number of aromatic nitrogens is 1. The van der Waals surface area contributed by atoms with Gasteiger partial charge in [-0.1, -0.05) is 6.07 Å². The Bertz CT molecular complexity index is 434. The molecule has 0 aliphatic rings. The van der Waals surface area contributed by atoms with Crippen molar-refractivity contribution in [1.82, 2.24) is 10.3 Å². The molecule has 2 N–H and O–H groups in total. The number of hydrogen-bond acceptors (Lipinski definition) is 4. The highest BCUT2D eigenvalue weighted by Crippen LogP contribution is 2.00. The number of nitrogens with zero attached hydrogens (tertiary/aromatic N) is 1. The molecular formula is C12H16N2O4. The van der Waals surface area contributed by atoms with E-state index in [1.807, 2.05) is 6.92 Å². The molecule has 6 heteroatoms. The van der Waals surface area contributed by atoms with Crippen molar-refractivity contribution >= 4 is 11.9 Å². The first kappa shape index (κ1) is 14.1. The van der Waals surface area contributed by atoms with E-state index in [1.165, 1.54) is 18.2 Å². The number of amides is 1. The van der Waals surface area contributed by atoms with Crippen LogP contribution in [-0.2, 0) is 4.74 Å². The summed E-state index contributed by atoms with van der Waals surface area (Å²) in [6, 6.07) is 4.13. The Morgan fingerprint density at radius 2 is 2.11 bits per heavy atom. The smallest absolute Gasteiger partial charge is 0.354 e. The number of pyridine rings is 1. The number of rotatable bonds is 6. The van der Waals surface area contributed by atoms with Crippen LogP contribution in [0.5, 0.6) is 0 Å². The zero-order valence-corrected chi connectivity index (χ0v) is 10.3. The molecule has 18 heavy (non-hydrogen) atoms. The molecule has 0 bridgehead atoms. The van der Waals surface area contributed by atoms with Gasteiger partial charge in [-0.25, -0.2) is 9.78 Å². The molecule has 0 aliphatic heterocycles. The Labute approximate surface area is 105 Å². The highest BCUT2D eigenvalue weighted by molar-refractivity contribution is 5.94. The normalized spacial score (nSPS) is 11.9. The molecule has 1 atom stereocenters. The first-order valence-electron chi connectivity index (χ1n) is 5.63. The summed E-state index contributed by atoms with van der Waals surface area (Å²) in [6.45, 7) is 4.65. The summed E-state index contributed by atoms with van der Waals surface area (Å²) >= 11 is 0. The zero-order chi connectivity index (χ0) is 13.5. The van der Waals surface area contributed by atoms with Gasteiger partial charge in [-0.15, -0.1) is 0 Å². The molecule has 0 aromatic carbocycles. The van der Waals surface area contributed by atoms with Crippen LogP contribution in [-0.4, -0.2) is 41.2 Å². The average molecular weight is 252 g/mol. The molecule has 98 valence electrons. The van der Waals surface area contributed by atoms with E-state index in [0.717, 1.165) is 0 Å².